The highest BCUT2D eigenvalue weighted by molar-refractivity contribution is 5.86. The lowest BCUT2D eigenvalue weighted by atomic mass is 9.90. The smallest absolute Gasteiger partial charge is 0.234 e. The lowest BCUT2D eigenvalue weighted by Crippen LogP contribution is -2.28. The Kier molecular flexibility index (Phi) is 7.16. The number of hydrogen-bond acceptors (Lipinski definition) is 1. The van der Waals surface area contributed by atoms with Gasteiger partial charge in [0.25, 0.3) is 0 Å². The zero-order chi connectivity index (χ0) is 18.9. The Hall–Kier alpha value is -2.87. The van der Waals surface area contributed by atoms with Gasteiger partial charge in [0.05, 0.1) is 5.92 Å². The lowest BCUT2D eigenvalue weighted by molar-refractivity contribution is -0.129. The Labute approximate surface area is 157 Å². The van der Waals surface area contributed by atoms with Crippen molar-refractivity contribution in [3.8, 4) is 0 Å². The highest BCUT2D eigenvalue weighted by atomic mass is 16.2. The molecule has 0 atom stereocenters. The topological polar surface area (TPSA) is 20.3 Å². The van der Waals surface area contributed by atoms with Crippen molar-refractivity contribution in [3.05, 3.63) is 107 Å². The molecule has 0 unspecified atom stereocenters. The Morgan fingerprint density at radius 3 is 1.42 bits per heavy atom. The predicted octanol–water partition coefficient (Wildman–Crippen LogP) is 5.21. The summed E-state index contributed by atoms with van der Waals surface area (Å²) in [6, 6.07) is 28.2. The second kappa shape index (κ2) is 9.57. The van der Waals surface area contributed by atoms with E-state index in [0.717, 1.165) is 11.1 Å². The first-order valence-corrected chi connectivity index (χ1v) is 8.83. The number of hydrogen-bond donors (Lipinski definition) is 0. The van der Waals surface area contributed by atoms with Crippen LogP contribution in [0.15, 0.2) is 84.9 Å². The summed E-state index contributed by atoms with van der Waals surface area (Å²) < 4.78 is 0. The van der Waals surface area contributed by atoms with E-state index in [4.69, 9.17) is 0 Å². The molecule has 1 amide bonds. The van der Waals surface area contributed by atoms with Crippen LogP contribution in [0, 0.1) is 13.8 Å². The molecule has 0 aliphatic heterocycles. The molecule has 0 radical (unpaired) electrons. The molecule has 0 saturated heterocycles. The van der Waals surface area contributed by atoms with E-state index in [1.807, 2.05) is 60.7 Å². The number of carbonyl (C=O) groups excluding carboxylic acids is 1. The van der Waals surface area contributed by atoms with Gasteiger partial charge in [-0.25, -0.2) is 0 Å². The Bertz CT molecular complexity index is 753. The van der Waals surface area contributed by atoms with Gasteiger partial charge in [0.2, 0.25) is 5.91 Å². The van der Waals surface area contributed by atoms with Crippen molar-refractivity contribution in [2.24, 2.45) is 0 Å². The van der Waals surface area contributed by atoms with Gasteiger partial charge in [-0.3, -0.25) is 4.79 Å². The molecule has 26 heavy (non-hydrogen) atoms. The van der Waals surface area contributed by atoms with Crippen LogP contribution in [0.3, 0.4) is 0 Å². The molecule has 0 bridgehead atoms. The van der Waals surface area contributed by atoms with Gasteiger partial charge in [-0.15, -0.1) is 0 Å². The van der Waals surface area contributed by atoms with Gasteiger partial charge in [-0.2, -0.15) is 0 Å². The summed E-state index contributed by atoms with van der Waals surface area (Å²) in [5.41, 5.74) is 4.74. The predicted molar refractivity (Wildman–Crippen MR) is 109 cm³/mol. The molecule has 0 aliphatic rings. The third kappa shape index (κ3) is 5.59. The van der Waals surface area contributed by atoms with Gasteiger partial charge >= 0.3 is 0 Å². The van der Waals surface area contributed by atoms with Crippen LogP contribution >= 0.6 is 0 Å². The van der Waals surface area contributed by atoms with Gasteiger partial charge in [0.15, 0.2) is 0 Å². The minimum Gasteiger partial charge on any atom is -0.348 e. The number of nitrogens with zero attached hydrogens (tertiary/aromatic N) is 1. The number of rotatable bonds is 3. The van der Waals surface area contributed by atoms with E-state index >= 15 is 0 Å². The van der Waals surface area contributed by atoms with Crippen molar-refractivity contribution in [1.29, 1.82) is 0 Å². The molecule has 0 spiro atoms. The molecule has 0 N–H and O–H groups in total. The summed E-state index contributed by atoms with van der Waals surface area (Å²) >= 11 is 0. The Morgan fingerprint density at radius 2 is 1.12 bits per heavy atom. The standard InChI is InChI=1S/C16H17NO.C8H10/c1-17(2)16(18)15(13-9-5-3-6-10-13)14-11-7-4-8-12-14;1-7-4-3-5-8(2)6-7/h3-12,15H,1-2H3;3-6H,1-2H3. The Morgan fingerprint density at radius 1 is 0.692 bits per heavy atom. The van der Waals surface area contributed by atoms with Crippen LogP contribution in [-0.2, 0) is 4.79 Å². The summed E-state index contributed by atoms with van der Waals surface area (Å²) in [4.78, 5) is 14.0. The molecule has 2 nitrogen and oxygen atoms in total. The number of carbonyl (C=O) groups is 1. The average molecular weight is 345 g/mol. The van der Waals surface area contributed by atoms with Crippen LogP contribution < -0.4 is 0 Å². The summed E-state index contributed by atoms with van der Waals surface area (Å²) in [6.45, 7) is 4.21. The zero-order valence-corrected chi connectivity index (χ0v) is 16.0. The molecular weight excluding hydrogens is 318 g/mol. The maximum absolute atomic E-state index is 12.4. The molecule has 134 valence electrons. The molecule has 0 aromatic heterocycles. The second-order valence-corrected chi connectivity index (χ2v) is 6.65. The molecule has 3 aromatic rings. The van der Waals surface area contributed by atoms with E-state index in [9.17, 15) is 4.79 Å². The quantitative estimate of drug-likeness (QED) is 0.638. The molecule has 3 aromatic carbocycles. The fraction of sp³-hybridized carbons (Fsp3) is 0.208. The fourth-order valence-electron chi connectivity index (χ4n) is 2.83. The molecule has 0 aliphatic carbocycles. The van der Waals surface area contributed by atoms with E-state index in [0.29, 0.717) is 0 Å². The van der Waals surface area contributed by atoms with Crippen LogP contribution in [0.25, 0.3) is 0 Å². The van der Waals surface area contributed by atoms with Crippen molar-refractivity contribution in [3.63, 3.8) is 0 Å². The largest absolute Gasteiger partial charge is 0.348 e. The number of amides is 1. The Balaban J connectivity index is 0.000000254. The SMILES string of the molecule is CN(C)C(=O)C(c1ccccc1)c1ccccc1.Cc1cccc(C)c1. The maximum Gasteiger partial charge on any atom is 0.234 e. The average Bonchev–Trinajstić information content (AvgIpc) is 2.64. The first kappa shape index (κ1) is 19.5. The number of aryl methyl sites for hydroxylation is 2. The third-order valence-corrected chi connectivity index (χ3v) is 4.13. The van der Waals surface area contributed by atoms with Crippen molar-refractivity contribution >= 4 is 5.91 Å². The normalized spacial score (nSPS) is 10.0. The second-order valence-electron chi connectivity index (χ2n) is 6.65. The minimum atomic E-state index is -0.220. The van der Waals surface area contributed by atoms with E-state index in [1.165, 1.54) is 11.1 Å². The highest BCUT2D eigenvalue weighted by Crippen LogP contribution is 2.25. The van der Waals surface area contributed by atoms with Crippen LogP contribution in [0.5, 0.6) is 0 Å². The van der Waals surface area contributed by atoms with E-state index in [2.05, 4.69) is 38.1 Å². The lowest BCUT2D eigenvalue weighted by Gasteiger charge is -2.21. The number of benzene rings is 3. The van der Waals surface area contributed by atoms with E-state index < -0.39 is 0 Å². The third-order valence-electron chi connectivity index (χ3n) is 4.13. The summed E-state index contributed by atoms with van der Waals surface area (Å²) in [5, 5.41) is 0. The minimum absolute atomic E-state index is 0.104. The van der Waals surface area contributed by atoms with Crippen molar-refractivity contribution < 1.29 is 4.79 Å². The summed E-state index contributed by atoms with van der Waals surface area (Å²) in [6.07, 6.45) is 0. The summed E-state index contributed by atoms with van der Waals surface area (Å²) in [7, 11) is 3.59. The zero-order valence-electron chi connectivity index (χ0n) is 16.0. The first-order chi connectivity index (χ1) is 12.5. The van der Waals surface area contributed by atoms with Crippen LogP contribution in [0.1, 0.15) is 28.2 Å². The molecular formula is C24H27NO. The van der Waals surface area contributed by atoms with Crippen LogP contribution in [0.2, 0.25) is 0 Å². The van der Waals surface area contributed by atoms with Crippen LogP contribution in [-0.4, -0.2) is 24.9 Å². The summed E-state index contributed by atoms with van der Waals surface area (Å²) in [5.74, 6) is -0.116. The highest BCUT2D eigenvalue weighted by Gasteiger charge is 2.23. The van der Waals surface area contributed by atoms with Gasteiger partial charge in [0.1, 0.15) is 0 Å². The van der Waals surface area contributed by atoms with Gasteiger partial charge < -0.3 is 4.90 Å². The molecule has 0 saturated carbocycles. The van der Waals surface area contributed by atoms with Crippen molar-refractivity contribution in [1.82, 2.24) is 4.90 Å². The first-order valence-electron chi connectivity index (χ1n) is 8.83. The van der Waals surface area contributed by atoms with Gasteiger partial charge in [-0.05, 0) is 25.0 Å². The van der Waals surface area contributed by atoms with E-state index in [1.54, 1.807) is 19.0 Å². The molecule has 0 fully saturated rings. The van der Waals surface area contributed by atoms with E-state index in [-0.39, 0.29) is 11.8 Å². The maximum atomic E-state index is 12.4. The van der Waals surface area contributed by atoms with Crippen LogP contribution in [0.4, 0.5) is 0 Å². The van der Waals surface area contributed by atoms with Crippen molar-refractivity contribution in [2.75, 3.05) is 14.1 Å². The molecule has 2 heteroatoms. The van der Waals surface area contributed by atoms with Gasteiger partial charge in [-0.1, -0.05) is 96.1 Å². The fourth-order valence-corrected chi connectivity index (χ4v) is 2.83. The molecule has 0 heterocycles. The molecule has 3 rings (SSSR count). The monoisotopic (exact) mass is 345 g/mol. The van der Waals surface area contributed by atoms with Gasteiger partial charge in [0, 0.05) is 14.1 Å². The number of likely N-dealkylation sites (N-methyl/N-ethyl adjacent to an activating group) is 1. The van der Waals surface area contributed by atoms with Crippen molar-refractivity contribution in [2.45, 2.75) is 19.8 Å².